The number of sulfonamides is 1. The van der Waals surface area contributed by atoms with Gasteiger partial charge < -0.3 is 14.5 Å². The molecule has 3 aromatic carbocycles. The van der Waals surface area contributed by atoms with E-state index in [2.05, 4.69) is 21.5 Å². The van der Waals surface area contributed by atoms with Gasteiger partial charge in [0.15, 0.2) is 0 Å². The Labute approximate surface area is 204 Å². The fourth-order valence-electron chi connectivity index (χ4n) is 3.63. The van der Waals surface area contributed by atoms with E-state index in [0.717, 1.165) is 27.8 Å². The van der Waals surface area contributed by atoms with Crippen molar-refractivity contribution in [3.05, 3.63) is 95.7 Å². The molecule has 178 valence electrons. The average molecular weight is 489 g/mol. The van der Waals surface area contributed by atoms with Gasteiger partial charge in [-0.1, -0.05) is 30.0 Å². The van der Waals surface area contributed by atoms with Crippen molar-refractivity contribution in [2.75, 3.05) is 14.2 Å². The van der Waals surface area contributed by atoms with Gasteiger partial charge >= 0.3 is 5.97 Å². The molecule has 0 aliphatic heterocycles. The van der Waals surface area contributed by atoms with E-state index < -0.39 is 22.0 Å². The second kappa shape index (κ2) is 10.5. The van der Waals surface area contributed by atoms with Crippen LogP contribution in [0.15, 0.2) is 83.9 Å². The SMILES string of the molecule is COC(=O)[C@@H](Cc1c[nH]c2ccccc12)NS(=O)(=O)c1ccc(C#Cc2ccc(OC)cc2)cc1. The maximum absolute atomic E-state index is 13.0. The second-order valence-electron chi connectivity index (χ2n) is 7.76. The minimum absolute atomic E-state index is 0.0281. The summed E-state index contributed by atoms with van der Waals surface area (Å²) < 4.78 is 38.5. The van der Waals surface area contributed by atoms with Gasteiger partial charge in [-0.25, -0.2) is 8.42 Å². The third kappa shape index (κ3) is 5.72. The molecule has 1 atom stereocenters. The van der Waals surface area contributed by atoms with Crippen LogP contribution in [0.3, 0.4) is 0 Å². The zero-order chi connectivity index (χ0) is 24.8. The highest BCUT2D eigenvalue weighted by Crippen LogP contribution is 2.20. The lowest BCUT2D eigenvalue weighted by atomic mass is 10.1. The molecular formula is C27H24N2O5S. The normalized spacial score (nSPS) is 11.9. The van der Waals surface area contributed by atoms with Gasteiger partial charge in [-0.05, 0) is 60.2 Å². The Morgan fingerprint density at radius 2 is 1.57 bits per heavy atom. The number of benzene rings is 3. The molecule has 35 heavy (non-hydrogen) atoms. The van der Waals surface area contributed by atoms with Crippen LogP contribution in [0, 0.1) is 11.8 Å². The van der Waals surface area contributed by atoms with E-state index >= 15 is 0 Å². The molecule has 7 nitrogen and oxygen atoms in total. The van der Waals surface area contributed by atoms with Crippen LogP contribution >= 0.6 is 0 Å². The molecule has 0 bridgehead atoms. The zero-order valence-corrected chi connectivity index (χ0v) is 20.1. The first kappa shape index (κ1) is 24.1. The van der Waals surface area contributed by atoms with Gasteiger partial charge in [0.1, 0.15) is 11.8 Å². The Morgan fingerprint density at radius 3 is 2.20 bits per heavy atom. The van der Waals surface area contributed by atoms with Gasteiger partial charge in [-0.3, -0.25) is 4.79 Å². The Balaban J connectivity index is 1.51. The first-order chi connectivity index (χ1) is 16.9. The van der Waals surface area contributed by atoms with Crippen molar-refractivity contribution in [3.8, 4) is 17.6 Å². The summed E-state index contributed by atoms with van der Waals surface area (Å²) in [5.74, 6) is 6.12. The molecule has 0 saturated carbocycles. The summed E-state index contributed by atoms with van der Waals surface area (Å²) >= 11 is 0. The summed E-state index contributed by atoms with van der Waals surface area (Å²) in [6, 6.07) is 20.0. The van der Waals surface area contributed by atoms with E-state index in [1.165, 1.54) is 19.2 Å². The van der Waals surface area contributed by atoms with E-state index in [-0.39, 0.29) is 11.3 Å². The van der Waals surface area contributed by atoms with Gasteiger partial charge in [0.05, 0.1) is 19.1 Å². The number of hydrogen-bond acceptors (Lipinski definition) is 5. The van der Waals surface area contributed by atoms with Gasteiger partial charge in [0.2, 0.25) is 10.0 Å². The molecule has 2 N–H and O–H groups in total. The van der Waals surface area contributed by atoms with Crippen molar-refractivity contribution in [1.29, 1.82) is 0 Å². The number of carbonyl (C=O) groups is 1. The Bertz CT molecular complexity index is 1500. The Hall–Kier alpha value is -4.06. The number of methoxy groups -OCH3 is 2. The highest BCUT2D eigenvalue weighted by atomic mass is 32.2. The van der Waals surface area contributed by atoms with Crippen molar-refractivity contribution in [3.63, 3.8) is 0 Å². The van der Waals surface area contributed by atoms with Gasteiger partial charge in [-0.15, -0.1) is 0 Å². The van der Waals surface area contributed by atoms with Crippen LogP contribution in [0.4, 0.5) is 0 Å². The van der Waals surface area contributed by atoms with Crippen LogP contribution in [0.2, 0.25) is 0 Å². The lowest BCUT2D eigenvalue weighted by Crippen LogP contribution is -2.42. The maximum atomic E-state index is 13.0. The largest absolute Gasteiger partial charge is 0.497 e. The Morgan fingerprint density at radius 1 is 0.943 bits per heavy atom. The summed E-state index contributed by atoms with van der Waals surface area (Å²) in [6.45, 7) is 0. The molecule has 4 rings (SSSR count). The van der Waals surface area contributed by atoms with Gasteiger partial charge in [0.25, 0.3) is 0 Å². The number of carbonyl (C=O) groups excluding carboxylic acids is 1. The maximum Gasteiger partial charge on any atom is 0.324 e. The van der Waals surface area contributed by atoms with Crippen LogP contribution in [0.25, 0.3) is 10.9 Å². The third-order valence-corrected chi connectivity index (χ3v) is 6.98. The molecule has 0 fully saturated rings. The number of rotatable bonds is 7. The molecule has 1 aromatic heterocycles. The number of H-pyrrole nitrogens is 1. The molecule has 8 heteroatoms. The van der Waals surface area contributed by atoms with Crippen molar-refractivity contribution in [1.82, 2.24) is 9.71 Å². The molecule has 0 amide bonds. The number of hydrogen-bond donors (Lipinski definition) is 2. The van der Waals surface area contributed by atoms with E-state index in [1.54, 1.807) is 25.4 Å². The topological polar surface area (TPSA) is 97.5 Å². The van der Waals surface area contributed by atoms with Crippen LogP contribution < -0.4 is 9.46 Å². The molecule has 0 radical (unpaired) electrons. The molecule has 0 saturated heterocycles. The predicted octanol–water partition coefficient (Wildman–Crippen LogP) is 3.64. The number of para-hydroxylation sites is 1. The number of fused-ring (bicyclic) bond motifs is 1. The summed E-state index contributed by atoms with van der Waals surface area (Å²) in [7, 11) is -1.16. The first-order valence-electron chi connectivity index (χ1n) is 10.8. The smallest absolute Gasteiger partial charge is 0.324 e. The lowest BCUT2D eigenvalue weighted by molar-refractivity contribution is -0.142. The molecular weight excluding hydrogens is 464 g/mol. The van der Waals surface area contributed by atoms with Crippen LogP contribution in [0.5, 0.6) is 5.75 Å². The molecule has 1 heterocycles. The van der Waals surface area contributed by atoms with Crippen molar-refractivity contribution in [2.45, 2.75) is 17.4 Å². The van der Waals surface area contributed by atoms with Crippen LogP contribution in [-0.2, 0) is 26.0 Å². The number of aromatic nitrogens is 1. The molecule has 0 aliphatic rings. The highest BCUT2D eigenvalue weighted by molar-refractivity contribution is 7.89. The minimum Gasteiger partial charge on any atom is -0.497 e. The third-order valence-electron chi connectivity index (χ3n) is 5.49. The van der Waals surface area contributed by atoms with E-state index in [1.807, 2.05) is 48.5 Å². The Kier molecular flexibility index (Phi) is 7.20. The van der Waals surface area contributed by atoms with Crippen LogP contribution in [-0.4, -0.2) is 39.6 Å². The van der Waals surface area contributed by atoms with Gasteiger partial charge in [-0.2, -0.15) is 4.72 Å². The molecule has 4 aromatic rings. The fourth-order valence-corrected chi connectivity index (χ4v) is 4.81. The summed E-state index contributed by atoms with van der Waals surface area (Å²) in [4.78, 5) is 15.6. The number of ether oxygens (including phenoxy) is 2. The van der Waals surface area contributed by atoms with E-state index in [0.29, 0.717) is 5.56 Å². The summed E-state index contributed by atoms with van der Waals surface area (Å²) in [6.07, 6.45) is 1.91. The number of esters is 1. The van der Waals surface area contributed by atoms with Gasteiger partial charge in [0, 0.05) is 34.6 Å². The number of aromatic amines is 1. The van der Waals surface area contributed by atoms with Crippen molar-refractivity contribution in [2.24, 2.45) is 0 Å². The lowest BCUT2D eigenvalue weighted by Gasteiger charge is -2.16. The zero-order valence-electron chi connectivity index (χ0n) is 19.2. The minimum atomic E-state index is -3.99. The van der Waals surface area contributed by atoms with Crippen LogP contribution in [0.1, 0.15) is 16.7 Å². The standard InChI is InChI=1S/C27H24N2O5S/c1-33-22-13-9-19(10-14-22)7-8-20-11-15-23(16-12-20)35(31,32)29-26(27(30)34-2)17-21-18-28-25-6-4-3-5-24(21)25/h3-6,9-16,18,26,28-29H,17H2,1-2H3/t26-/m1/s1. The molecule has 0 aliphatic carbocycles. The highest BCUT2D eigenvalue weighted by Gasteiger charge is 2.27. The first-order valence-corrected chi connectivity index (χ1v) is 12.3. The second-order valence-corrected chi connectivity index (χ2v) is 9.48. The van der Waals surface area contributed by atoms with E-state index in [9.17, 15) is 13.2 Å². The van der Waals surface area contributed by atoms with Crippen molar-refractivity contribution >= 4 is 26.9 Å². The monoisotopic (exact) mass is 488 g/mol. The van der Waals surface area contributed by atoms with Crippen molar-refractivity contribution < 1.29 is 22.7 Å². The summed E-state index contributed by atoms with van der Waals surface area (Å²) in [5.41, 5.74) is 3.17. The summed E-state index contributed by atoms with van der Waals surface area (Å²) in [5, 5.41) is 0.917. The molecule has 0 spiro atoms. The predicted molar refractivity (Wildman–Crippen MR) is 134 cm³/mol. The van der Waals surface area contributed by atoms with E-state index in [4.69, 9.17) is 9.47 Å². The average Bonchev–Trinajstić information content (AvgIpc) is 3.29. The fraction of sp³-hybridized carbons (Fsp3) is 0.148. The quantitative estimate of drug-likeness (QED) is 0.306. The molecule has 0 unspecified atom stereocenters. The number of nitrogens with one attached hydrogen (secondary N) is 2.